The molecule has 2 fully saturated rings. The van der Waals surface area contributed by atoms with E-state index in [-0.39, 0.29) is 5.41 Å². The van der Waals surface area contributed by atoms with E-state index < -0.39 is 0 Å². The van der Waals surface area contributed by atoms with Crippen molar-refractivity contribution >= 4 is 0 Å². The summed E-state index contributed by atoms with van der Waals surface area (Å²) in [5.74, 6) is 0. The highest BCUT2D eigenvalue weighted by atomic mass is 16.3. The van der Waals surface area contributed by atoms with Gasteiger partial charge >= 0.3 is 0 Å². The number of hydrogen-bond donors (Lipinski definition) is 1. The van der Waals surface area contributed by atoms with Crippen molar-refractivity contribution in [2.45, 2.75) is 44.6 Å². The van der Waals surface area contributed by atoms with Crippen LogP contribution in [0.4, 0.5) is 0 Å². The summed E-state index contributed by atoms with van der Waals surface area (Å²) in [4.78, 5) is 4.94. The number of aliphatic hydroxyl groups is 1. The molecule has 1 aliphatic heterocycles. The van der Waals surface area contributed by atoms with E-state index in [2.05, 4.69) is 23.9 Å². The summed E-state index contributed by atoms with van der Waals surface area (Å²) in [5, 5.41) is 9.71. The van der Waals surface area contributed by atoms with E-state index in [1.807, 2.05) is 0 Å². The summed E-state index contributed by atoms with van der Waals surface area (Å²) in [6.07, 6.45) is 7.75. The van der Waals surface area contributed by atoms with Crippen molar-refractivity contribution in [3.63, 3.8) is 0 Å². The van der Waals surface area contributed by atoms with E-state index in [1.165, 1.54) is 51.6 Å². The molecule has 2 aliphatic rings. The highest BCUT2D eigenvalue weighted by Gasteiger charge is 2.37. The molecule has 1 saturated heterocycles. The lowest BCUT2D eigenvalue weighted by Crippen LogP contribution is -2.44. The number of rotatable bonds is 5. The molecule has 0 amide bonds. The molecule has 1 atom stereocenters. The average molecular weight is 240 g/mol. The van der Waals surface area contributed by atoms with Crippen LogP contribution >= 0.6 is 0 Å². The maximum Gasteiger partial charge on any atom is 0.0499 e. The van der Waals surface area contributed by atoms with E-state index in [9.17, 15) is 5.11 Å². The van der Waals surface area contributed by atoms with E-state index >= 15 is 0 Å². The molecule has 1 unspecified atom stereocenters. The fraction of sp³-hybridized carbons (Fsp3) is 1.00. The minimum atomic E-state index is 0.231. The van der Waals surface area contributed by atoms with Gasteiger partial charge in [0.05, 0.1) is 0 Å². The van der Waals surface area contributed by atoms with Crippen LogP contribution in [-0.2, 0) is 0 Å². The molecule has 3 heteroatoms. The van der Waals surface area contributed by atoms with Crippen molar-refractivity contribution in [3.05, 3.63) is 0 Å². The van der Waals surface area contributed by atoms with Gasteiger partial charge in [-0.05, 0) is 46.3 Å². The third-order valence-electron chi connectivity index (χ3n) is 4.61. The Bertz CT molecular complexity index is 236. The number of likely N-dealkylation sites (tertiary alicyclic amines) is 1. The molecule has 0 radical (unpaired) electrons. The fourth-order valence-corrected chi connectivity index (χ4v) is 3.65. The molecule has 1 N–H and O–H groups in total. The van der Waals surface area contributed by atoms with Crippen molar-refractivity contribution in [2.24, 2.45) is 5.41 Å². The maximum atomic E-state index is 9.71. The normalized spacial score (nSPS) is 29.3. The third kappa shape index (κ3) is 3.21. The Morgan fingerprint density at radius 3 is 2.53 bits per heavy atom. The Kier molecular flexibility index (Phi) is 4.45. The lowest BCUT2D eigenvalue weighted by Gasteiger charge is -2.35. The van der Waals surface area contributed by atoms with E-state index in [4.69, 9.17) is 0 Å². The van der Waals surface area contributed by atoms with Gasteiger partial charge in [0.15, 0.2) is 0 Å². The lowest BCUT2D eigenvalue weighted by atomic mass is 9.86. The lowest BCUT2D eigenvalue weighted by molar-refractivity contribution is 0.0675. The predicted octanol–water partition coefficient (Wildman–Crippen LogP) is 1.57. The molecule has 0 bridgehead atoms. The summed E-state index contributed by atoms with van der Waals surface area (Å²) in [6, 6.07) is 0.717. The largest absolute Gasteiger partial charge is 0.396 e. The van der Waals surface area contributed by atoms with Gasteiger partial charge in [-0.2, -0.15) is 0 Å². The quantitative estimate of drug-likeness (QED) is 0.790. The first-order valence-electron chi connectivity index (χ1n) is 7.15. The number of hydrogen-bond acceptors (Lipinski definition) is 3. The topological polar surface area (TPSA) is 26.7 Å². The van der Waals surface area contributed by atoms with Crippen molar-refractivity contribution in [2.75, 3.05) is 40.3 Å². The van der Waals surface area contributed by atoms with Gasteiger partial charge in [0.2, 0.25) is 0 Å². The van der Waals surface area contributed by atoms with Crippen LogP contribution < -0.4 is 0 Å². The van der Waals surface area contributed by atoms with Gasteiger partial charge in [-0.25, -0.2) is 0 Å². The van der Waals surface area contributed by atoms with Crippen LogP contribution in [0.15, 0.2) is 0 Å². The summed E-state index contributed by atoms with van der Waals surface area (Å²) in [6.45, 7) is 3.92. The minimum absolute atomic E-state index is 0.231. The van der Waals surface area contributed by atoms with E-state index in [0.29, 0.717) is 12.6 Å². The summed E-state index contributed by atoms with van der Waals surface area (Å²) in [5.41, 5.74) is 0.231. The summed E-state index contributed by atoms with van der Waals surface area (Å²) < 4.78 is 0. The monoisotopic (exact) mass is 240 g/mol. The molecular weight excluding hydrogens is 212 g/mol. The molecule has 0 aromatic heterocycles. The third-order valence-corrected chi connectivity index (χ3v) is 4.61. The number of nitrogens with zero attached hydrogens (tertiary/aromatic N) is 2. The first kappa shape index (κ1) is 13.3. The zero-order valence-electron chi connectivity index (χ0n) is 11.5. The van der Waals surface area contributed by atoms with Crippen LogP contribution in [0.5, 0.6) is 0 Å². The Hall–Kier alpha value is -0.120. The Morgan fingerprint density at radius 1 is 1.24 bits per heavy atom. The minimum Gasteiger partial charge on any atom is -0.396 e. The molecule has 1 saturated carbocycles. The Morgan fingerprint density at radius 2 is 1.94 bits per heavy atom. The Balaban J connectivity index is 1.92. The van der Waals surface area contributed by atoms with Gasteiger partial charge in [0, 0.05) is 31.2 Å². The maximum absolute atomic E-state index is 9.71. The van der Waals surface area contributed by atoms with Gasteiger partial charge < -0.3 is 10.0 Å². The van der Waals surface area contributed by atoms with Crippen molar-refractivity contribution in [1.29, 1.82) is 0 Å². The molecule has 1 aliphatic carbocycles. The molecule has 0 aromatic rings. The molecule has 100 valence electrons. The van der Waals surface area contributed by atoms with Crippen molar-refractivity contribution in [1.82, 2.24) is 9.80 Å². The van der Waals surface area contributed by atoms with Crippen LogP contribution in [0, 0.1) is 5.41 Å². The zero-order valence-corrected chi connectivity index (χ0v) is 11.5. The average Bonchev–Trinajstić information content (AvgIpc) is 2.90. The molecule has 2 rings (SSSR count). The molecule has 3 nitrogen and oxygen atoms in total. The van der Waals surface area contributed by atoms with Crippen LogP contribution in [0.2, 0.25) is 0 Å². The predicted molar refractivity (Wildman–Crippen MR) is 71.1 cm³/mol. The highest BCUT2D eigenvalue weighted by Crippen LogP contribution is 2.39. The number of likely N-dealkylation sites (N-methyl/N-ethyl adjacent to an activating group) is 1. The van der Waals surface area contributed by atoms with Gasteiger partial charge in [-0.1, -0.05) is 12.8 Å². The fourth-order valence-electron chi connectivity index (χ4n) is 3.65. The standard InChI is InChI=1S/C14H28N2O/c1-15(2)10-13-6-5-9-16(13)11-14(12-17)7-3-4-8-14/h13,17H,3-12H2,1-2H3. The first-order chi connectivity index (χ1) is 8.15. The van der Waals surface area contributed by atoms with Gasteiger partial charge in [0.25, 0.3) is 0 Å². The van der Waals surface area contributed by atoms with E-state index in [1.54, 1.807) is 0 Å². The van der Waals surface area contributed by atoms with Gasteiger partial charge in [0.1, 0.15) is 0 Å². The Labute approximate surface area is 106 Å². The summed E-state index contributed by atoms with van der Waals surface area (Å²) >= 11 is 0. The SMILES string of the molecule is CN(C)CC1CCCN1CC1(CO)CCCC1. The van der Waals surface area contributed by atoms with Crippen molar-refractivity contribution < 1.29 is 5.11 Å². The van der Waals surface area contributed by atoms with E-state index in [0.717, 1.165) is 6.54 Å². The smallest absolute Gasteiger partial charge is 0.0499 e. The van der Waals surface area contributed by atoms with Gasteiger partial charge in [-0.15, -0.1) is 0 Å². The van der Waals surface area contributed by atoms with Crippen molar-refractivity contribution in [3.8, 4) is 0 Å². The highest BCUT2D eigenvalue weighted by molar-refractivity contribution is 4.91. The summed E-state index contributed by atoms with van der Waals surface area (Å²) in [7, 11) is 4.32. The van der Waals surface area contributed by atoms with Gasteiger partial charge in [-0.3, -0.25) is 4.90 Å². The van der Waals surface area contributed by atoms with Crippen LogP contribution in [-0.4, -0.2) is 61.3 Å². The van der Waals surface area contributed by atoms with Crippen LogP contribution in [0.25, 0.3) is 0 Å². The second-order valence-corrected chi connectivity index (χ2v) is 6.39. The second-order valence-electron chi connectivity index (χ2n) is 6.39. The first-order valence-corrected chi connectivity index (χ1v) is 7.15. The van der Waals surface area contributed by atoms with Crippen LogP contribution in [0.1, 0.15) is 38.5 Å². The molecule has 1 heterocycles. The zero-order chi connectivity index (χ0) is 12.3. The molecule has 17 heavy (non-hydrogen) atoms. The molecular formula is C14H28N2O. The molecule has 0 spiro atoms. The molecule has 0 aromatic carbocycles. The second kappa shape index (κ2) is 5.68. The number of aliphatic hydroxyl groups excluding tert-OH is 1. The van der Waals surface area contributed by atoms with Crippen LogP contribution in [0.3, 0.4) is 0 Å².